The number of nitrogens with one attached hydrogen (secondary N) is 1. The zero-order valence-electron chi connectivity index (χ0n) is 10.1. The van der Waals surface area contributed by atoms with Crippen molar-refractivity contribution in [3.05, 3.63) is 22.4 Å². The maximum Gasteiger partial charge on any atom is 0.157 e. The molecule has 17 heavy (non-hydrogen) atoms. The first-order valence-corrected chi connectivity index (χ1v) is 8.12. The number of thiophene rings is 1. The largest absolute Gasteiger partial charge is 0.362 e. The minimum Gasteiger partial charge on any atom is -0.362 e. The van der Waals surface area contributed by atoms with Crippen LogP contribution in [0.4, 0.5) is 0 Å². The summed E-state index contributed by atoms with van der Waals surface area (Å²) in [4.78, 5) is 4.62. The molecule has 4 heteroatoms. The lowest BCUT2D eigenvalue weighted by Gasteiger charge is -2.14. The van der Waals surface area contributed by atoms with Crippen LogP contribution in [0, 0.1) is 5.92 Å². The van der Waals surface area contributed by atoms with Crippen LogP contribution in [0.25, 0.3) is 0 Å². The van der Waals surface area contributed by atoms with Crippen LogP contribution in [0.5, 0.6) is 0 Å². The molecule has 2 atom stereocenters. The zero-order chi connectivity index (χ0) is 11.7. The summed E-state index contributed by atoms with van der Waals surface area (Å²) in [7, 11) is 0. The summed E-state index contributed by atoms with van der Waals surface area (Å²) in [6.07, 6.45) is 3.94. The van der Waals surface area contributed by atoms with Crippen LogP contribution in [-0.2, 0) is 6.42 Å². The van der Waals surface area contributed by atoms with Crippen molar-refractivity contribution in [3.63, 3.8) is 0 Å². The van der Waals surface area contributed by atoms with E-state index in [0.717, 1.165) is 24.1 Å². The van der Waals surface area contributed by atoms with E-state index in [4.69, 9.17) is 0 Å². The first-order chi connectivity index (χ1) is 8.31. The quantitative estimate of drug-likeness (QED) is 0.905. The molecule has 92 valence electrons. The fourth-order valence-electron chi connectivity index (χ4n) is 2.21. The number of hydrogen-bond donors (Lipinski definition) is 1. The molecule has 1 aromatic heterocycles. The van der Waals surface area contributed by atoms with Gasteiger partial charge >= 0.3 is 0 Å². The molecule has 1 aliphatic carbocycles. The van der Waals surface area contributed by atoms with Crippen LogP contribution >= 0.6 is 23.1 Å². The Bertz CT molecular complexity index is 396. The van der Waals surface area contributed by atoms with Gasteiger partial charge in [0.15, 0.2) is 5.17 Å². The van der Waals surface area contributed by atoms with Crippen LogP contribution in [0.2, 0.25) is 0 Å². The average molecular weight is 266 g/mol. The van der Waals surface area contributed by atoms with Crippen molar-refractivity contribution < 1.29 is 0 Å². The summed E-state index contributed by atoms with van der Waals surface area (Å²) in [5.74, 6) is 0.954. The third kappa shape index (κ3) is 3.05. The van der Waals surface area contributed by atoms with Crippen molar-refractivity contribution in [1.29, 1.82) is 0 Å². The van der Waals surface area contributed by atoms with Gasteiger partial charge in [0.1, 0.15) is 0 Å². The molecule has 1 aromatic rings. The maximum atomic E-state index is 4.62. The Hall–Kier alpha value is -0.480. The molecule has 2 nitrogen and oxygen atoms in total. The van der Waals surface area contributed by atoms with Crippen molar-refractivity contribution in [3.8, 4) is 0 Å². The number of hydrogen-bond acceptors (Lipinski definition) is 4. The lowest BCUT2D eigenvalue weighted by atomic mass is 10.1. The number of aliphatic imine (C=N–C) groups is 1. The van der Waals surface area contributed by atoms with Crippen LogP contribution in [0.1, 0.15) is 25.3 Å². The number of amidine groups is 1. The summed E-state index contributed by atoms with van der Waals surface area (Å²) >= 11 is 3.74. The van der Waals surface area contributed by atoms with Crippen molar-refractivity contribution >= 4 is 28.3 Å². The van der Waals surface area contributed by atoms with Gasteiger partial charge in [-0.25, -0.2) is 0 Å². The van der Waals surface area contributed by atoms with Crippen molar-refractivity contribution in [2.45, 2.75) is 37.5 Å². The predicted octanol–water partition coefficient (Wildman–Crippen LogP) is 3.15. The van der Waals surface area contributed by atoms with Gasteiger partial charge in [0.25, 0.3) is 0 Å². The molecule has 1 fully saturated rings. The SMILES string of the molecule is CC(Cc1ccsc1)NC1=NCC(C2CC2)S1. The fourth-order valence-corrected chi connectivity index (χ4v) is 4.21. The minimum absolute atomic E-state index is 0.480. The van der Waals surface area contributed by atoms with Gasteiger partial charge in [-0.3, -0.25) is 4.99 Å². The van der Waals surface area contributed by atoms with E-state index in [2.05, 4.69) is 34.1 Å². The molecular weight excluding hydrogens is 248 g/mol. The third-order valence-electron chi connectivity index (χ3n) is 3.32. The van der Waals surface area contributed by atoms with E-state index in [1.807, 2.05) is 11.8 Å². The van der Waals surface area contributed by atoms with Crippen LogP contribution in [0.15, 0.2) is 21.8 Å². The topological polar surface area (TPSA) is 24.4 Å². The van der Waals surface area contributed by atoms with Gasteiger partial charge in [-0.05, 0) is 54.5 Å². The Morgan fingerprint density at radius 3 is 3.12 bits per heavy atom. The molecule has 0 amide bonds. The van der Waals surface area contributed by atoms with Gasteiger partial charge in [-0.2, -0.15) is 11.3 Å². The Kier molecular flexibility index (Phi) is 3.43. The Morgan fingerprint density at radius 1 is 1.53 bits per heavy atom. The predicted molar refractivity (Wildman–Crippen MR) is 77.0 cm³/mol. The van der Waals surface area contributed by atoms with E-state index in [-0.39, 0.29) is 0 Å². The highest BCUT2D eigenvalue weighted by Crippen LogP contribution is 2.41. The van der Waals surface area contributed by atoms with Gasteiger partial charge in [-0.15, -0.1) is 0 Å². The molecule has 2 aliphatic rings. The first-order valence-electron chi connectivity index (χ1n) is 6.30. The molecular formula is C13H18N2S2. The molecule has 0 radical (unpaired) electrons. The second-order valence-electron chi connectivity index (χ2n) is 5.02. The Balaban J connectivity index is 1.47. The lowest BCUT2D eigenvalue weighted by Crippen LogP contribution is -2.31. The van der Waals surface area contributed by atoms with Gasteiger partial charge in [-0.1, -0.05) is 11.8 Å². The average Bonchev–Trinajstić information content (AvgIpc) is 2.84. The van der Waals surface area contributed by atoms with E-state index in [1.54, 1.807) is 11.3 Å². The third-order valence-corrected chi connectivity index (χ3v) is 5.36. The van der Waals surface area contributed by atoms with Gasteiger partial charge in [0.05, 0.1) is 6.54 Å². The van der Waals surface area contributed by atoms with Crippen molar-refractivity contribution in [2.75, 3.05) is 6.54 Å². The van der Waals surface area contributed by atoms with E-state index >= 15 is 0 Å². The summed E-state index contributed by atoms with van der Waals surface area (Å²) in [6, 6.07) is 2.69. The van der Waals surface area contributed by atoms with Gasteiger partial charge in [0.2, 0.25) is 0 Å². The van der Waals surface area contributed by atoms with E-state index < -0.39 is 0 Å². The highest BCUT2D eigenvalue weighted by atomic mass is 32.2. The molecule has 0 spiro atoms. The molecule has 0 aromatic carbocycles. The molecule has 2 heterocycles. The lowest BCUT2D eigenvalue weighted by molar-refractivity contribution is 0.666. The number of rotatable bonds is 4. The first kappa shape index (κ1) is 11.6. The van der Waals surface area contributed by atoms with E-state index in [0.29, 0.717) is 6.04 Å². The van der Waals surface area contributed by atoms with Crippen LogP contribution in [0.3, 0.4) is 0 Å². The molecule has 1 N–H and O–H groups in total. The van der Waals surface area contributed by atoms with Gasteiger partial charge < -0.3 is 5.32 Å². The van der Waals surface area contributed by atoms with E-state index in [1.165, 1.54) is 23.6 Å². The zero-order valence-corrected chi connectivity index (χ0v) is 11.7. The van der Waals surface area contributed by atoms with E-state index in [9.17, 15) is 0 Å². The molecule has 3 rings (SSSR count). The Morgan fingerprint density at radius 2 is 2.41 bits per heavy atom. The van der Waals surface area contributed by atoms with Crippen LogP contribution in [-0.4, -0.2) is 23.0 Å². The normalized spacial score (nSPS) is 25.7. The second kappa shape index (κ2) is 5.02. The van der Waals surface area contributed by atoms with Crippen LogP contribution < -0.4 is 5.32 Å². The summed E-state index contributed by atoms with van der Waals surface area (Å²) in [5.41, 5.74) is 1.43. The molecule has 0 bridgehead atoms. The van der Waals surface area contributed by atoms with Gasteiger partial charge in [0, 0.05) is 11.3 Å². The molecule has 2 unspecified atom stereocenters. The van der Waals surface area contributed by atoms with Crippen molar-refractivity contribution in [1.82, 2.24) is 5.32 Å². The second-order valence-corrected chi connectivity index (χ2v) is 7.03. The highest BCUT2D eigenvalue weighted by molar-refractivity contribution is 8.14. The molecule has 1 aliphatic heterocycles. The van der Waals surface area contributed by atoms with Crippen molar-refractivity contribution in [2.24, 2.45) is 10.9 Å². The highest BCUT2D eigenvalue weighted by Gasteiger charge is 2.35. The maximum absolute atomic E-state index is 4.62. The summed E-state index contributed by atoms with van der Waals surface area (Å²) < 4.78 is 0. The Labute approximate surface area is 111 Å². The summed E-state index contributed by atoms with van der Waals surface area (Å²) in [6.45, 7) is 3.27. The summed E-state index contributed by atoms with van der Waals surface area (Å²) in [5, 5.41) is 9.86. The standard InChI is InChI=1S/C13H18N2S2/c1-9(6-10-4-5-16-8-10)15-13-14-7-12(17-13)11-2-3-11/h4-5,8-9,11-12H,2-3,6-7H2,1H3,(H,14,15). The smallest absolute Gasteiger partial charge is 0.157 e. The molecule has 1 saturated carbocycles. The monoisotopic (exact) mass is 266 g/mol. The minimum atomic E-state index is 0.480. The molecule has 0 saturated heterocycles. The number of thioether (sulfide) groups is 1. The fraction of sp³-hybridized carbons (Fsp3) is 0.615. The number of nitrogens with zero attached hydrogens (tertiary/aromatic N) is 1.